The van der Waals surface area contributed by atoms with E-state index in [2.05, 4.69) is 102 Å². The minimum absolute atomic E-state index is 0.396. The van der Waals surface area contributed by atoms with E-state index < -0.39 is 9.84 Å². The highest BCUT2D eigenvalue weighted by molar-refractivity contribution is 7.92. The summed E-state index contributed by atoms with van der Waals surface area (Å²) in [6.07, 6.45) is 1.82. The van der Waals surface area contributed by atoms with Gasteiger partial charge in [-0.05, 0) is 106 Å². The minimum Gasteiger partial charge on any atom is -0.309 e. The fourth-order valence-electron chi connectivity index (χ4n) is 7.80. The molecule has 0 saturated carbocycles. The van der Waals surface area contributed by atoms with Crippen molar-refractivity contribution in [3.8, 4) is 27.9 Å². The Kier molecular flexibility index (Phi) is 5.22. The highest BCUT2D eigenvalue weighted by Gasteiger charge is 2.32. The Labute approximate surface area is 266 Å². The van der Waals surface area contributed by atoms with Gasteiger partial charge in [-0.25, -0.2) is 8.42 Å². The summed E-state index contributed by atoms with van der Waals surface area (Å²) >= 11 is 0. The van der Waals surface area contributed by atoms with Crippen LogP contribution < -0.4 is 0 Å². The molecule has 1 aromatic heterocycles. The topological polar surface area (TPSA) is 39.1 Å². The van der Waals surface area contributed by atoms with Gasteiger partial charge in [-0.15, -0.1) is 0 Å². The maximum atomic E-state index is 13.1. The van der Waals surface area contributed by atoms with Crippen molar-refractivity contribution in [3.63, 3.8) is 0 Å². The third kappa shape index (κ3) is 3.62. The summed E-state index contributed by atoms with van der Waals surface area (Å²) in [4.78, 5) is 0.794. The van der Waals surface area contributed by atoms with E-state index in [0.717, 1.165) is 35.1 Å². The lowest BCUT2D eigenvalue weighted by atomic mass is 9.84. The highest BCUT2D eigenvalue weighted by atomic mass is 32.2. The summed E-state index contributed by atoms with van der Waals surface area (Å²) in [5.41, 5.74) is 12.9. The number of sulfone groups is 1. The third-order valence-electron chi connectivity index (χ3n) is 10.0. The van der Waals surface area contributed by atoms with Crippen LogP contribution in [0.25, 0.3) is 60.5 Å². The number of hydrogen-bond donors (Lipinski definition) is 0. The Morgan fingerprint density at radius 3 is 1.87 bits per heavy atom. The molecule has 0 N–H and O–H groups in total. The first-order valence-corrected chi connectivity index (χ1v) is 17.2. The minimum atomic E-state index is -3.47. The Hall–Kier alpha value is -5.45. The van der Waals surface area contributed by atoms with E-state index in [1.54, 1.807) is 18.2 Å². The van der Waals surface area contributed by atoms with Crippen molar-refractivity contribution < 1.29 is 8.42 Å². The second-order valence-electron chi connectivity index (χ2n) is 12.6. The van der Waals surface area contributed by atoms with Gasteiger partial charge in [0.1, 0.15) is 0 Å². The van der Waals surface area contributed by atoms with E-state index in [1.165, 1.54) is 60.5 Å². The normalized spacial score (nSPS) is 14.3. The van der Waals surface area contributed by atoms with Crippen LogP contribution in [0.2, 0.25) is 0 Å². The van der Waals surface area contributed by atoms with E-state index in [1.807, 2.05) is 24.3 Å². The summed E-state index contributed by atoms with van der Waals surface area (Å²) in [6.45, 7) is 0. The van der Waals surface area contributed by atoms with Crippen LogP contribution in [0.3, 0.4) is 0 Å². The first-order valence-electron chi connectivity index (χ1n) is 15.7. The summed E-state index contributed by atoms with van der Waals surface area (Å²) in [6, 6.07) is 48.7. The van der Waals surface area contributed by atoms with Crippen molar-refractivity contribution in [2.75, 3.05) is 0 Å². The fourth-order valence-corrected chi connectivity index (χ4v) is 9.46. The van der Waals surface area contributed by atoms with Gasteiger partial charge in [-0.2, -0.15) is 0 Å². The van der Waals surface area contributed by atoms with E-state index in [4.69, 9.17) is 0 Å². The standard InChI is InChI=1S/C42H27NO2S/c44-46(45)41-12-6-3-9-37(41)38-25-29(16-18-42(38)46)26-13-14-27-20-32-23-33-24-34(17-15-28(33)21-31(32)22-30(27)19-26)43-39-10-4-1-7-35(39)36-8-2-5-11-40(36)43/h1-20,22,24-25H,21,23H2. The molecule has 0 amide bonds. The zero-order valence-corrected chi connectivity index (χ0v) is 25.7. The molecule has 0 saturated heterocycles. The smallest absolute Gasteiger partial charge is 0.207 e. The van der Waals surface area contributed by atoms with E-state index in [0.29, 0.717) is 9.79 Å². The predicted molar refractivity (Wildman–Crippen MR) is 187 cm³/mol. The van der Waals surface area contributed by atoms with Crippen LogP contribution in [0.4, 0.5) is 0 Å². The maximum absolute atomic E-state index is 13.1. The van der Waals surface area contributed by atoms with Crippen LogP contribution in [0.5, 0.6) is 0 Å². The summed E-state index contributed by atoms with van der Waals surface area (Å²) < 4.78 is 28.6. The van der Waals surface area contributed by atoms with Gasteiger partial charge in [0.25, 0.3) is 0 Å². The van der Waals surface area contributed by atoms with Gasteiger partial charge in [-0.3, -0.25) is 0 Å². The molecule has 0 radical (unpaired) electrons. The molecule has 0 bridgehead atoms. The molecule has 0 spiro atoms. The molecular weight excluding hydrogens is 583 g/mol. The largest absolute Gasteiger partial charge is 0.309 e. The molecule has 0 atom stereocenters. The van der Waals surface area contributed by atoms with Crippen LogP contribution in [0.1, 0.15) is 22.3 Å². The average Bonchev–Trinajstić information content (AvgIpc) is 3.54. The van der Waals surface area contributed by atoms with Crippen molar-refractivity contribution in [2.45, 2.75) is 22.6 Å². The lowest BCUT2D eigenvalue weighted by molar-refractivity contribution is 0.598. The van der Waals surface area contributed by atoms with Crippen molar-refractivity contribution in [1.82, 2.24) is 4.57 Å². The molecule has 2 aliphatic rings. The van der Waals surface area contributed by atoms with Gasteiger partial charge in [0.2, 0.25) is 9.84 Å². The van der Waals surface area contributed by atoms with Crippen LogP contribution in [0.15, 0.2) is 149 Å². The number of aromatic nitrogens is 1. The van der Waals surface area contributed by atoms with Crippen LogP contribution in [0, 0.1) is 0 Å². The van der Waals surface area contributed by atoms with Gasteiger partial charge in [0.15, 0.2) is 0 Å². The quantitative estimate of drug-likeness (QED) is 0.196. The monoisotopic (exact) mass is 609 g/mol. The van der Waals surface area contributed by atoms with E-state index in [-0.39, 0.29) is 0 Å². The second kappa shape index (κ2) is 9.29. The SMILES string of the molecule is O=S1(=O)c2ccccc2-c2cc(-c3ccc4cc5c(cc4c3)Cc3ccc(-n4c6ccccc6c6ccccc64)cc3C5)ccc21. The zero-order chi connectivity index (χ0) is 30.6. The van der Waals surface area contributed by atoms with E-state index >= 15 is 0 Å². The molecule has 218 valence electrons. The lowest BCUT2D eigenvalue weighted by Crippen LogP contribution is -2.08. The summed E-state index contributed by atoms with van der Waals surface area (Å²) in [7, 11) is -3.47. The Balaban J connectivity index is 1.03. The second-order valence-corrected chi connectivity index (χ2v) is 14.5. The van der Waals surface area contributed by atoms with Gasteiger partial charge in [-0.1, -0.05) is 91.0 Å². The molecule has 46 heavy (non-hydrogen) atoms. The number of hydrogen-bond acceptors (Lipinski definition) is 2. The molecule has 0 fully saturated rings. The fraction of sp³-hybridized carbons (Fsp3) is 0.0476. The molecule has 3 nitrogen and oxygen atoms in total. The van der Waals surface area contributed by atoms with Crippen molar-refractivity contribution in [1.29, 1.82) is 0 Å². The van der Waals surface area contributed by atoms with Gasteiger partial charge < -0.3 is 4.57 Å². The number of benzene rings is 7. The summed E-state index contributed by atoms with van der Waals surface area (Å²) in [5, 5.41) is 4.98. The Morgan fingerprint density at radius 1 is 0.457 bits per heavy atom. The van der Waals surface area contributed by atoms with Crippen molar-refractivity contribution >= 4 is 42.4 Å². The first-order chi connectivity index (χ1) is 22.5. The lowest BCUT2D eigenvalue weighted by Gasteiger charge is -2.22. The number of para-hydroxylation sites is 2. The molecule has 4 heteroatoms. The van der Waals surface area contributed by atoms with Crippen LogP contribution in [-0.4, -0.2) is 13.0 Å². The molecule has 1 aliphatic carbocycles. The highest BCUT2D eigenvalue weighted by Crippen LogP contribution is 2.45. The summed E-state index contributed by atoms with van der Waals surface area (Å²) in [5.74, 6) is 0. The number of fused-ring (bicyclic) bond motifs is 9. The third-order valence-corrected chi connectivity index (χ3v) is 11.9. The Bertz CT molecular complexity index is 2660. The van der Waals surface area contributed by atoms with Gasteiger partial charge in [0, 0.05) is 27.6 Å². The van der Waals surface area contributed by atoms with Gasteiger partial charge in [0.05, 0.1) is 20.8 Å². The molecule has 1 aliphatic heterocycles. The number of nitrogens with zero attached hydrogens (tertiary/aromatic N) is 1. The molecule has 8 aromatic rings. The molecule has 2 heterocycles. The van der Waals surface area contributed by atoms with Gasteiger partial charge >= 0.3 is 0 Å². The molecule has 0 unspecified atom stereocenters. The molecule has 7 aromatic carbocycles. The molecule has 10 rings (SSSR count). The Morgan fingerprint density at radius 2 is 1.07 bits per heavy atom. The maximum Gasteiger partial charge on any atom is 0.207 e. The molecular formula is C42H27NO2S. The van der Waals surface area contributed by atoms with Crippen LogP contribution in [-0.2, 0) is 22.7 Å². The van der Waals surface area contributed by atoms with Crippen LogP contribution >= 0.6 is 0 Å². The number of rotatable bonds is 2. The predicted octanol–water partition coefficient (Wildman–Crippen LogP) is 9.91. The average molecular weight is 610 g/mol. The zero-order valence-electron chi connectivity index (χ0n) is 24.9. The van der Waals surface area contributed by atoms with Crippen molar-refractivity contribution in [3.05, 3.63) is 162 Å². The van der Waals surface area contributed by atoms with Crippen molar-refractivity contribution in [2.24, 2.45) is 0 Å². The first kappa shape index (κ1) is 25.8. The van der Waals surface area contributed by atoms with E-state index in [9.17, 15) is 8.42 Å².